The predicted molar refractivity (Wildman–Crippen MR) is 52.7 cm³/mol. The van der Waals surface area contributed by atoms with Gasteiger partial charge in [-0.25, -0.2) is 9.67 Å². The number of carbonyl (C=O) groups excluding carboxylic acids is 1. The minimum absolute atomic E-state index is 0.0233. The van der Waals surface area contributed by atoms with Crippen LogP contribution in [-0.4, -0.2) is 26.6 Å². The molecular weight excluding hydrogens is 180 g/mol. The number of aryl methyl sites for hydroxylation is 1. The number of hydrogen-bond donors (Lipinski definition) is 1. The molecule has 0 aliphatic carbocycles. The van der Waals surface area contributed by atoms with E-state index < -0.39 is 0 Å². The lowest BCUT2D eigenvalue weighted by Gasteiger charge is -2.07. The van der Waals surface area contributed by atoms with E-state index in [4.69, 9.17) is 5.73 Å². The molecule has 1 unspecified atom stereocenters. The van der Waals surface area contributed by atoms with Gasteiger partial charge in [-0.3, -0.25) is 4.79 Å². The maximum atomic E-state index is 11.5. The van der Waals surface area contributed by atoms with Crippen LogP contribution in [0.4, 0.5) is 0 Å². The van der Waals surface area contributed by atoms with E-state index in [9.17, 15) is 4.79 Å². The second-order valence-electron chi connectivity index (χ2n) is 3.15. The molecular formula is C9H16N4O. The number of nitrogens with two attached hydrogens (primary N) is 1. The zero-order valence-electron chi connectivity index (χ0n) is 8.60. The third-order valence-electron chi connectivity index (χ3n) is 2.18. The number of Topliss-reactive ketones (excluding diaryl/α,β-unsaturated/α-hetero) is 1. The van der Waals surface area contributed by atoms with Crippen LogP contribution in [0, 0.1) is 0 Å². The highest BCUT2D eigenvalue weighted by Gasteiger charge is 2.14. The maximum absolute atomic E-state index is 11.5. The monoisotopic (exact) mass is 196 g/mol. The van der Waals surface area contributed by atoms with E-state index in [-0.39, 0.29) is 18.2 Å². The Bertz CT molecular complexity index is 308. The molecule has 1 aromatic rings. The summed E-state index contributed by atoms with van der Waals surface area (Å²) >= 11 is 0. The summed E-state index contributed by atoms with van der Waals surface area (Å²) in [4.78, 5) is 15.5. The first-order chi connectivity index (χ1) is 6.69. The normalized spacial score (nSPS) is 12.8. The van der Waals surface area contributed by atoms with Crippen molar-refractivity contribution in [3.8, 4) is 0 Å². The van der Waals surface area contributed by atoms with Gasteiger partial charge in [0.25, 0.3) is 0 Å². The van der Waals surface area contributed by atoms with Gasteiger partial charge in [0.05, 0.1) is 12.5 Å². The van der Waals surface area contributed by atoms with Crippen molar-refractivity contribution in [2.75, 3.05) is 0 Å². The largest absolute Gasteiger partial charge is 0.322 e. The molecule has 1 rings (SSSR count). The average Bonchev–Trinajstić information content (AvgIpc) is 2.63. The Morgan fingerprint density at radius 2 is 2.36 bits per heavy atom. The molecule has 2 N–H and O–H groups in total. The highest BCUT2D eigenvalue weighted by atomic mass is 16.1. The predicted octanol–water partition coefficient (Wildman–Crippen LogP) is 0.147. The Labute approximate surface area is 83.3 Å². The fourth-order valence-corrected chi connectivity index (χ4v) is 1.20. The molecule has 0 saturated heterocycles. The molecule has 0 bridgehead atoms. The lowest BCUT2D eigenvalue weighted by atomic mass is 10.1. The number of carbonyl (C=O) groups is 1. The zero-order chi connectivity index (χ0) is 10.6. The van der Waals surface area contributed by atoms with Gasteiger partial charge in [0.15, 0.2) is 5.78 Å². The summed E-state index contributed by atoms with van der Waals surface area (Å²) in [5, 5.41) is 3.99. The summed E-state index contributed by atoms with van der Waals surface area (Å²) in [6.45, 7) is 4.58. The highest BCUT2D eigenvalue weighted by molar-refractivity contribution is 5.85. The molecule has 0 amide bonds. The van der Waals surface area contributed by atoms with Crippen molar-refractivity contribution in [1.29, 1.82) is 0 Å². The highest BCUT2D eigenvalue weighted by Crippen LogP contribution is 1.99. The molecule has 5 nitrogen and oxygen atoms in total. The van der Waals surface area contributed by atoms with Gasteiger partial charge in [-0.05, 0) is 13.3 Å². The molecule has 14 heavy (non-hydrogen) atoms. The molecule has 5 heteroatoms. The Morgan fingerprint density at radius 1 is 1.64 bits per heavy atom. The molecule has 1 atom stereocenters. The second kappa shape index (κ2) is 4.85. The minimum atomic E-state index is -0.378. The second-order valence-corrected chi connectivity index (χ2v) is 3.15. The van der Waals surface area contributed by atoms with E-state index in [1.807, 2.05) is 13.8 Å². The van der Waals surface area contributed by atoms with Gasteiger partial charge in [0.1, 0.15) is 12.2 Å². The van der Waals surface area contributed by atoms with Crippen molar-refractivity contribution in [1.82, 2.24) is 14.8 Å². The van der Waals surface area contributed by atoms with E-state index >= 15 is 0 Å². The van der Waals surface area contributed by atoms with Gasteiger partial charge >= 0.3 is 0 Å². The first-order valence-electron chi connectivity index (χ1n) is 4.84. The standard InChI is InChI=1S/C9H16N4O/c1-3-7(10)8(14)5-9-11-6-12-13(9)4-2/h6-7H,3-5,10H2,1-2H3. The summed E-state index contributed by atoms with van der Waals surface area (Å²) in [5.41, 5.74) is 5.62. The third-order valence-corrected chi connectivity index (χ3v) is 2.18. The SMILES string of the molecule is CCC(N)C(=O)Cc1ncnn1CC. The molecule has 0 spiro atoms. The van der Waals surface area contributed by atoms with E-state index in [0.29, 0.717) is 12.2 Å². The Morgan fingerprint density at radius 3 is 2.93 bits per heavy atom. The van der Waals surface area contributed by atoms with Crippen LogP contribution in [-0.2, 0) is 17.8 Å². The quantitative estimate of drug-likeness (QED) is 0.727. The molecule has 0 aromatic carbocycles. The summed E-state index contributed by atoms with van der Waals surface area (Å²) in [6.07, 6.45) is 2.41. The van der Waals surface area contributed by atoms with Crippen LogP contribution in [0.15, 0.2) is 6.33 Å². The van der Waals surface area contributed by atoms with Crippen LogP contribution in [0.5, 0.6) is 0 Å². The molecule has 0 aliphatic heterocycles. The smallest absolute Gasteiger partial charge is 0.157 e. The third kappa shape index (κ3) is 2.38. The van der Waals surface area contributed by atoms with Crippen molar-refractivity contribution in [3.63, 3.8) is 0 Å². The van der Waals surface area contributed by atoms with Gasteiger partial charge < -0.3 is 5.73 Å². The molecule has 1 heterocycles. The number of rotatable bonds is 5. The van der Waals surface area contributed by atoms with E-state index in [1.165, 1.54) is 6.33 Å². The Balaban J connectivity index is 2.64. The van der Waals surface area contributed by atoms with Gasteiger partial charge in [-0.15, -0.1) is 0 Å². The summed E-state index contributed by atoms with van der Waals surface area (Å²) in [6, 6.07) is -0.378. The van der Waals surface area contributed by atoms with Crippen molar-refractivity contribution in [2.45, 2.75) is 39.3 Å². The van der Waals surface area contributed by atoms with Gasteiger partial charge in [0.2, 0.25) is 0 Å². The van der Waals surface area contributed by atoms with Crippen LogP contribution < -0.4 is 5.73 Å². The van der Waals surface area contributed by atoms with E-state index in [2.05, 4.69) is 10.1 Å². The summed E-state index contributed by atoms with van der Waals surface area (Å²) < 4.78 is 1.71. The van der Waals surface area contributed by atoms with E-state index in [1.54, 1.807) is 4.68 Å². The average molecular weight is 196 g/mol. The fourth-order valence-electron chi connectivity index (χ4n) is 1.20. The molecule has 0 aliphatic rings. The number of ketones is 1. The number of aromatic nitrogens is 3. The van der Waals surface area contributed by atoms with Crippen LogP contribution >= 0.6 is 0 Å². The van der Waals surface area contributed by atoms with Crippen LogP contribution in [0.25, 0.3) is 0 Å². The minimum Gasteiger partial charge on any atom is -0.322 e. The van der Waals surface area contributed by atoms with Crippen molar-refractivity contribution >= 4 is 5.78 Å². The first kappa shape index (κ1) is 10.8. The van der Waals surface area contributed by atoms with Crippen LogP contribution in [0.1, 0.15) is 26.1 Å². The Kier molecular flexibility index (Phi) is 3.76. The molecule has 0 radical (unpaired) electrons. The number of nitrogens with zero attached hydrogens (tertiary/aromatic N) is 3. The number of hydrogen-bond acceptors (Lipinski definition) is 4. The Hall–Kier alpha value is -1.23. The summed E-state index contributed by atoms with van der Waals surface area (Å²) in [7, 11) is 0. The van der Waals surface area contributed by atoms with E-state index in [0.717, 1.165) is 6.54 Å². The molecule has 1 aromatic heterocycles. The topological polar surface area (TPSA) is 73.8 Å². The lowest BCUT2D eigenvalue weighted by Crippen LogP contribution is -2.31. The molecule has 78 valence electrons. The maximum Gasteiger partial charge on any atom is 0.157 e. The van der Waals surface area contributed by atoms with Crippen molar-refractivity contribution in [3.05, 3.63) is 12.2 Å². The van der Waals surface area contributed by atoms with Crippen LogP contribution in [0.2, 0.25) is 0 Å². The first-order valence-corrected chi connectivity index (χ1v) is 4.84. The summed E-state index contributed by atoms with van der Waals surface area (Å²) in [5.74, 6) is 0.719. The van der Waals surface area contributed by atoms with Gasteiger partial charge in [-0.2, -0.15) is 5.10 Å². The lowest BCUT2D eigenvalue weighted by molar-refractivity contribution is -0.119. The molecule has 0 fully saturated rings. The van der Waals surface area contributed by atoms with Crippen molar-refractivity contribution < 1.29 is 4.79 Å². The zero-order valence-corrected chi connectivity index (χ0v) is 8.60. The van der Waals surface area contributed by atoms with Crippen molar-refractivity contribution in [2.24, 2.45) is 5.73 Å². The van der Waals surface area contributed by atoms with Gasteiger partial charge in [-0.1, -0.05) is 6.92 Å². The van der Waals surface area contributed by atoms with Gasteiger partial charge in [0, 0.05) is 6.54 Å². The molecule has 0 saturated carbocycles. The fraction of sp³-hybridized carbons (Fsp3) is 0.667. The van der Waals surface area contributed by atoms with Crippen LogP contribution in [0.3, 0.4) is 0 Å².